The van der Waals surface area contributed by atoms with E-state index in [1.165, 1.54) is 0 Å². The molecule has 1 fully saturated rings. The molecule has 2 rings (SSSR count). The van der Waals surface area contributed by atoms with E-state index in [9.17, 15) is 14.4 Å². The monoisotopic (exact) mass is 417 g/mol. The summed E-state index contributed by atoms with van der Waals surface area (Å²) in [4.78, 5) is 39.5. The van der Waals surface area contributed by atoms with Crippen LogP contribution in [-0.2, 0) is 9.59 Å². The lowest BCUT2D eigenvalue weighted by molar-refractivity contribution is -0.135. The first-order valence-electron chi connectivity index (χ1n) is 10.9. The summed E-state index contributed by atoms with van der Waals surface area (Å²) in [5.41, 5.74) is 0.484. The van der Waals surface area contributed by atoms with Crippen molar-refractivity contribution in [1.82, 2.24) is 15.5 Å². The molecule has 7 nitrogen and oxygen atoms in total. The first kappa shape index (κ1) is 23.7. The molecular formula is C23H35N3O4. The van der Waals surface area contributed by atoms with Gasteiger partial charge in [-0.1, -0.05) is 27.7 Å². The van der Waals surface area contributed by atoms with Crippen molar-refractivity contribution in [2.24, 2.45) is 11.8 Å². The Morgan fingerprint density at radius 1 is 1.07 bits per heavy atom. The minimum atomic E-state index is -0.626. The van der Waals surface area contributed by atoms with Crippen LogP contribution in [0.2, 0.25) is 0 Å². The fourth-order valence-electron chi connectivity index (χ4n) is 3.53. The van der Waals surface area contributed by atoms with Crippen molar-refractivity contribution >= 4 is 17.7 Å². The highest BCUT2D eigenvalue weighted by atomic mass is 16.5. The largest absolute Gasteiger partial charge is 0.494 e. The molecule has 7 heteroatoms. The molecule has 0 aliphatic carbocycles. The Bertz CT molecular complexity index is 722. The molecular weight excluding hydrogens is 382 g/mol. The summed E-state index contributed by atoms with van der Waals surface area (Å²) in [6.45, 7) is 11.4. The number of carbonyl (C=O) groups is 3. The summed E-state index contributed by atoms with van der Waals surface area (Å²) in [6.07, 6.45) is 1.45. The molecule has 30 heavy (non-hydrogen) atoms. The predicted molar refractivity (Wildman–Crippen MR) is 116 cm³/mol. The molecule has 1 aliphatic heterocycles. The summed E-state index contributed by atoms with van der Waals surface area (Å²) in [5, 5.41) is 5.92. The number of hydrogen-bond donors (Lipinski definition) is 2. The molecule has 0 bridgehead atoms. The van der Waals surface area contributed by atoms with Gasteiger partial charge in [0.1, 0.15) is 11.8 Å². The van der Waals surface area contributed by atoms with Gasteiger partial charge in [-0.05, 0) is 49.9 Å². The molecule has 166 valence electrons. The standard InChI is InChI=1S/C23H35N3O4/c1-6-30-19-9-7-17(8-10-19)21(27)25-20(15(2)3)22(28)24-18-11-13-26(14-12-18)23(29)16(4)5/h7-10,15-16,18,20H,6,11-14H2,1-5H3,(H,24,28)(H,25,27). The van der Waals surface area contributed by atoms with Gasteiger partial charge in [-0.2, -0.15) is 0 Å². The Kier molecular flexibility index (Phi) is 8.69. The number of hydrogen-bond acceptors (Lipinski definition) is 4. The van der Waals surface area contributed by atoms with Gasteiger partial charge in [0, 0.05) is 30.6 Å². The van der Waals surface area contributed by atoms with E-state index in [1.807, 2.05) is 39.5 Å². The minimum Gasteiger partial charge on any atom is -0.494 e. The van der Waals surface area contributed by atoms with Crippen LogP contribution < -0.4 is 15.4 Å². The van der Waals surface area contributed by atoms with Crippen molar-refractivity contribution in [2.75, 3.05) is 19.7 Å². The van der Waals surface area contributed by atoms with Crippen LogP contribution in [0.15, 0.2) is 24.3 Å². The topological polar surface area (TPSA) is 87.7 Å². The van der Waals surface area contributed by atoms with Gasteiger partial charge in [-0.15, -0.1) is 0 Å². The highest BCUT2D eigenvalue weighted by molar-refractivity contribution is 5.97. The molecule has 1 unspecified atom stereocenters. The number of ether oxygens (including phenoxy) is 1. The third-order valence-corrected chi connectivity index (χ3v) is 5.31. The van der Waals surface area contributed by atoms with Crippen LogP contribution in [0.25, 0.3) is 0 Å². The van der Waals surface area contributed by atoms with Crippen LogP contribution in [0.3, 0.4) is 0 Å². The number of carbonyl (C=O) groups excluding carboxylic acids is 3. The van der Waals surface area contributed by atoms with Gasteiger partial charge >= 0.3 is 0 Å². The Balaban J connectivity index is 1.92. The van der Waals surface area contributed by atoms with Gasteiger partial charge in [0.15, 0.2) is 0 Å². The van der Waals surface area contributed by atoms with E-state index in [2.05, 4.69) is 10.6 Å². The first-order valence-corrected chi connectivity index (χ1v) is 10.9. The molecule has 1 aromatic carbocycles. The third kappa shape index (κ3) is 6.47. The SMILES string of the molecule is CCOc1ccc(C(=O)NC(C(=O)NC2CCN(C(=O)C(C)C)CC2)C(C)C)cc1. The molecule has 0 aromatic heterocycles. The minimum absolute atomic E-state index is 0.0114. The second-order valence-electron chi connectivity index (χ2n) is 8.42. The molecule has 1 saturated heterocycles. The predicted octanol–water partition coefficient (Wildman–Crippen LogP) is 2.60. The molecule has 2 N–H and O–H groups in total. The zero-order chi connectivity index (χ0) is 22.3. The van der Waals surface area contributed by atoms with Gasteiger partial charge in [-0.3, -0.25) is 14.4 Å². The van der Waals surface area contributed by atoms with Crippen molar-refractivity contribution < 1.29 is 19.1 Å². The zero-order valence-electron chi connectivity index (χ0n) is 18.7. The lowest BCUT2D eigenvalue weighted by Crippen LogP contribution is -2.54. The Hall–Kier alpha value is -2.57. The van der Waals surface area contributed by atoms with Crippen molar-refractivity contribution in [3.63, 3.8) is 0 Å². The average molecular weight is 418 g/mol. The van der Waals surface area contributed by atoms with E-state index in [4.69, 9.17) is 4.74 Å². The quantitative estimate of drug-likeness (QED) is 0.681. The number of piperidine rings is 1. The smallest absolute Gasteiger partial charge is 0.251 e. The third-order valence-electron chi connectivity index (χ3n) is 5.31. The van der Waals surface area contributed by atoms with Crippen molar-refractivity contribution in [2.45, 2.75) is 59.5 Å². The van der Waals surface area contributed by atoms with Crippen molar-refractivity contribution in [1.29, 1.82) is 0 Å². The first-order chi connectivity index (χ1) is 14.2. The molecule has 1 aliphatic rings. The van der Waals surface area contributed by atoms with E-state index in [-0.39, 0.29) is 35.6 Å². The summed E-state index contributed by atoms with van der Waals surface area (Å²) in [5.74, 6) is 0.317. The Morgan fingerprint density at radius 2 is 1.67 bits per heavy atom. The molecule has 1 atom stereocenters. The number of rotatable bonds is 8. The molecule has 0 radical (unpaired) electrons. The van der Waals surface area contributed by atoms with E-state index < -0.39 is 6.04 Å². The number of amides is 3. The van der Waals surface area contributed by atoms with Crippen LogP contribution in [0.1, 0.15) is 57.8 Å². The number of likely N-dealkylation sites (tertiary alicyclic amines) is 1. The number of nitrogens with zero attached hydrogens (tertiary/aromatic N) is 1. The maximum atomic E-state index is 12.9. The lowest BCUT2D eigenvalue weighted by Gasteiger charge is -2.34. The van der Waals surface area contributed by atoms with Crippen LogP contribution in [0.5, 0.6) is 5.75 Å². The maximum absolute atomic E-state index is 12.9. The fraction of sp³-hybridized carbons (Fsp3) is 0.609. The zero-order valence-corrected chi connectivity index (χ0v) is 18.7. The van der Waals surface area contributed by atoms with E-state index in [0.29, 0.717) is 31.0 Å². The summed E-state index contributed by atoms with van der Waals surface area (Å²) in [7, 11) is 0. The highest BCUT2D eigenvalue weighted by Crippen LogP contribution is 2.15. The van der Waals surface area contributed by atoms with E-state index >= 15 is 0 Å². The molecule has 3 amide bonds. The number of benzene rings is 1. The summed E-state index contributed by atoms with van der Waals surface area (Å²) in [6, 6.07) is 6.26. The maximum Gasteiger partial charge on any atom is 0.251 e. The van der Waals surface area contributed by atoms with Gasteiger partial charge < -0.3 is 20.3 Å². The Morgan fingerprint density at radius 3 is 2.17 bits per heavy atom. The molecule has 1 aromatic rings. The second-order valence-corrected chi connectivity index (χ2v) is 8.42. The molecule has 1 heterocycles. The lowest BCUT2D eigenvalue weighted by atomic mass is 9.99. The molecule has 0 spiro atoms. The van der Waals surface area contributed by atoms with Gasteiger partial charge in [0.25, 0.3) is 5.91 Å². The van der Waals surface area contributed by atoms with Gasteiger partial charge in [0.05, 0.1) is 6.61 Å². The average Bonchev–Trinajstić information content (AvgIpc) is 2.72. The second kappa shape index (κ2) is 11.0. The Labute approximate surface area is 179 Å². The molecule has 0 saturated carbocycles. The number of nitrogens with one attached hydrogen (secondary N) is 2. The van der Waals surface area contributed by atoms with E-state index in [0.717, 1.165) is 12.8 Å². The normalized spacial score (nSPS) is 15.8. The van der Waals surface area contributed by atoms with Crippen LogP contribution in [0, 0.1) is 11.8 Å². The van der Waals surface area contributed by atoms with Crippen LogP contribution in [0.4, 0.5) is 0 Å². The summed E-state index contributed by atoms with van der Waals surface area (Å²) < 4.78 is 5.40. The van der Waals surface area contributed by atoms with Crippen molar-refractivity contribution in [3.05, 3.63) is 29.8 Å². The summed E-state index contributed by atoms with van der Waals surface area (Å²) >= 11 is 0. The van der Waals surface area contributed by atoms with E-state index in [1.54, 1.807) is 24.3 Å². The van der Waals surface area contributed by atoms with Crippen LogP contribution >= 0.6 is 0 Å². The van der Waals surface area contributed by atoms with Gasteiger partial charge in [0.2, 0.25) is 11.8 Å². The fourth-order valence-corrected chi connectivity index (χ4v) is 3.53. The van der Waals surface area contributed by atoms with Crippen LogP contribution in [-0.4, -0.2) is 54.4 Å². The van der Waals surface area contributed by atoms with Crippen molar-refractivity contribution in [3.8, 4) is 5.75 Å². The van der Waals surface area contributed by atoms with Gasteiger partial charge in [-0.25, -0.2) is 0 Å². The highest BCUT2D eigenvalue weighted by Gasteiger charge is 2.29.